The fourth-order valence-corrected chi connectivity index (χ4v) is 3.06. The van der Waals surface area contributed by atoms with Crippen LogP contribution in [0.3, 0.4) is 0 Å². The van der Waals surface area contributed by atoms with E-state index in [2.05, 4.69) is 17.1 Å². The van der Waals surface area contributed by atoms with Crippen molar-refractivity contribution < 1.29 is 22.8 Å². The standard InChI is InChI=1S/C20H20F3N3O2/c1-2-25-8-10-26(11-9-25)20(28)14-5-3-4-13(12-14)19(27)24-16-7-6-15(21)17(22)18(16)23/h3-7,12H,2,8-11H2,1H3,(H,24,27). The first-order valence-corrected chi connectivity index (χ1v) is 8.97. The number of amides is 2. The second kappa shape index (κ2) is 8.43. The Labute approximate surface area is 160 Å². The Kier molecular flexibility index (Phi) is 5.99. The average molecular weight is 391 g/mol. The van der Waals surface area contributed by atoms with E-state index in [1.54, 1.807) is 17.0 Å². The largest absolute Gasteiger partial charge is 0.336 e. The number of hydrogen-bond acceptors (Lipinski definition) is 3. The van der Waals surface area contributed by atoms with Gasteiger partial charge in [-0.05, 0) is 36.9 Å². The molecule has 2 amide bonds. The van der Waals surface area contributed by atoms with Gasteiger partial charge in [0.05, 0.1) is 5.69 Å². The minimum absolute atomic E-state index is 0.113. The van der Waals surface area contributed by atoms with Crippen molar-refractivity contribution in [1.82, 2.24) is 9.80 Å². The summed E-state index contributed by atoms with van der Waals surface area (Å²) in [5.74, 6) is -5.40. The molecule has 28 heavy (non-hydrogen) atoms. The molecule has 0 saturated carbocycles. The van der Waals surface area contributed by atoms with E-state index in [0.717, 1.165) is 31.8 Å². The van der Waals surface area contributed by atoms with Crippen molar-refractivity contribution in [3.8, 4) is 0 Å². The van der Waals surface area contributed by atoms with Gasteiger partial charge in [-0.25, -0.2) is 13.2 Å². The van der Waals surface area contributed by atoms with Gasteiger partial charge in [0.25, 0.3) is 11.8 Å². The molecule has 0 bridgehead atoms. The van der Waals surface area contributed by atoms with Gasteiger partial charge in [-0.3, -0.25) is 9.59 Å². The lowest BCUT2D eigenvalue weighted by Crippen LogP contribution is -2.48. The van der Waals surface area contributed by atoms with Gasteiger partial charge in [0.2, 0.25) is 0 Å². The van der Waals surface area contributed by atoms with Crippen LogP contribution in [0.5, 0.6) is 0 Å². The van der Waals surface area contributed by atoms with Crippen LogP contribution in [0.25, 0.3) is 0 Å². The van der Waals surface area contributed by atoms with Crippen LogP contribution in [0.4, 0.5) is 18.9 Å². The van der Waals surface area contributed by atoms with Gasteiger partial charge < -0.3 is 15.1 Å². The zero-order valence-corrected chi connectivity index (χ0v) is 15.3. The van der Waals surface area contributed by atoms with E-state index >= 15 is 0 Å². The van der Waals surface area contributed by atoms with Crippen LogP contribution in [0.1, 0.15) is 27.6 Å². The van der Waals surface area contributed by atoms with E-state index in [9.17, 15) is 22.8 Å². The van der Waals surface area contributed by atoms with Crippen LogP contribution in [0, 0.1) is 17.5 Å². The average Bonchev–Trinajstić information content (AvgIpc) is 2.73. The molecule has 0 radical (unpaired) electrons. The number of carbonyl (C=O) groups is 2. The molecule has 0 atom stereocenters. The summed E-state index contributed by atoms with van der Waals surface area (Å²) in [7, 11) is 0. The third-order valence-corrected chi connectivity index (χ3v) is 4.76. The summed E-state index contributed by atoms with van der Waals surface area (Å²) >= 11 is 0. The molecule has 2 aromatic carbocycles. The van der Waals surface area contributed by atoms with Gasteiger partial charge >= 0.3 is 0 Å². The Bertz CT molecular complexity index is 896. The Hall–Kier alpha value is -2.87. The van der Waals surface area contributed by atoms with Crippen LogP contribution in [-0.2, 0) is 0 Å². The molecule has 0 spiro atoms. The van der Waals surface area contributed by atoms with Crippen LogP contribution in [-0.4, -0.2) is 54.3 Å². The molecule has 5 nitrogen and oxygen atoms in total. The number of rotatable bonds is 4. The summed E-state index contributed by atoms with van der Waals surface area (Å²) in [6.07, 6.45) is 0. The third-order valence-electron chi connectivity index (χ3n) is 4.76. The lowest BCUT2D eigenvalue weighted by Gasteiger charge is -2.34. The molecule has 1 fully saturated rings. The second-order valence-corrected chi connectivity index (χ2v) is 6.48. The van der Waals surface area contributed by atoms with Crippen molar-refractivity contribution >= 4 is 17.5 Å². The molecule has 1 aliphatic rings. The highest BCUT2D eigenvalue weighted by molar-refractivity contribution is 6.06. The fraction of sp³-hybridized carbons (Fsp3) is 0.300. The summed E-state index contributed by atoms with van der Waals surface area (Å²) in [5, 5.41) is 2.20. The van der Waals surface area contributed by atoms with Crippen LogP contribution in [0.2, 0.25) is 0 Å². The van der Waals surface area contributed by atoms with Crippen molar-refractivity contribution in [3.05, 3.63) is 65.0 Å². The molecule has 1 N–H and O–H groups in total. The van der Waals surface area contributed by atoms with Gasteiger partial charge in [0, 0.05) is 37.3 Å². The summed E-state index contributed by atoms with van der Waals surface area (Å²) in [6.45, 7) is 5.77. The monoisotopic (exact) mass is 391 g/mol. The molecule has 8 heteroatoms. The maximum atomic E-state index is 13.8. The Morgan fingerprint density at radius 1 is 0.964 bits per heavy atom. The van der Waals surface area contributed by atoms with Crippen molar-refractivity contribution in [2.24, 2.45) is 0 Å². The first kappa shape index (κ1) is 19.9. The van der Waals surface area contributed by atoms with Gasteiger partial charge in [-0.1, -0.05) is 13.0 Å². The maximum absolute atomic E-state index is 13.8. The first-order chi connectivity index (χ1) is 13.4. The molecule has 3 rings (SSSR count). The Balaban J connectivity index is 1.73. The number of anilines is 1. The number of likely N-dealkylation sites (N-methyl/N-ethyl adjacent to an activating group) is 1. The second-order valence-electron chi connectivity index (χ2n) is 6.48. The van der Waals surface area contributed by atoms with E-state index in [0.29, 0.717) is 18.7 Å². The van der Waals surface area contributed by atoms with Crippen molar-refractivity contribution in [2.45, 2.75) is 6.92 Å². The Morgan fingerprint density at radius 2 is 1.64 bits per heavy atom. The Morgan fingerprint density at radius 3 is 2.32 bits per heavy atom. The molecule has 0 unspecified atom stereocenters. The predicted molar refractivity (Wildman–Crippen MR) is 98.7 cm³/mol. The van der Waals surface area contributed by atoms with Crippen molar-refractivity contribution in [2.75, 3.05) is 38.0 Å². The minimum Gasteiger partial charge on any atom is -0.336 e. The van der Waals surface area contributed by atoms with Gasteiger partial charge in [0.1, 0.15) is 0 Å². The summed E-state index contributed by atoms with van der Waals surface area (Å²) in [6, 6.07) is 7.67. The number of halogens is 3. The fourth-order valence-electron chi connectivity index (χ4n) is 3.06. The minimum atomic E-state index is -1.66. The molecule has 1 saturated heterocycles. The lowest BCUT2D eigenvalue weighted by atomic mass is 10.1. The number of hydrogen-bond donors (Lipinski definition) is 1. The SMILES string of the molecule is CCN1CCN(C(=O)c2cccc(C(=O)Nc3ccc(F)c(F)c3F)c2)CC1. The highest BCUT2D eigenvalue weighted by Crippen LogP contribution is 2.20. The van der Waals surface area contributed by atoms with Crippen LogP contribution >= 0.6 is 0 Å². The molecule has 148 valence electrons. The van der Waals surface area contributed by atoms with Gasteiger partial charge in [0.15, 0.2) is 17.5 Å². The number of piperazine rings is 1. The normalized spacial score (nSPS) is 14.8. The summed E-state index contributed by atoms with van der Waals surface area (Å²) < 4.78 is 40.1. The molecule has 1 heterocycles. The quantitative estimate of drug-likeness (QED) is 0.815. The van der Waals surface area contributed by atoms with E-state index in [4.69, 9.17) is 0 Å². The van der Waals surface area contributed by atoms with Crippen molar-refractivity contribution in [3.63, 3.8) is 0 Å². The smallest absolute Gasteiger partial charge is 0.255 e. The predicted octanol–water partition coefficient (Wildman–Crippen LogP) is 3.13. The van der Waals surface area contributed by atoms with Crippen molar-refractivity contribution in [1.29, 1.82) is 0 Å². The lowest BCUT2D eigenvalue weighted by molar-refractivity contribution is 0.0643. The maximum Gasteiger partial charge on any atom is 0.255 e. The number of benzene rings is 2. The van der Waals surface area contributed by atoms with Gasteiger partial charge in [-0.2, -0.15) is 0 Å². The zero-order chi connectivity index (χ0) is 20.3. The summed E-state index contributed by atoms with van der Waals surface area (Å²) in [4.78, 5) is 29.0. The summed E-state index contributed by atoms with van der Waals surface area (Å²) in [5.41, 5.74) is -0.0261. The van der Waals surface area contributed by atoms with Crippen LogP contribution < -0.4 is 5.32 Å². The van der Waals surface area contributed by atoms with Gasteiger partial charge in [-0.15, -0.1) is 0 Å². The topological polar surface area (TPSA) is 52.7 Å². The number of nitrogens with zero attached hydrogens (tertiary/aromatic N) is 2. The highest BCUT2D eigenvalue weighted by Gasteiger charge is 2.22. The number of nitrogens with one attached hydrogen (secondary N) is 1. The van der Waals surface area contributed by atoms with E-state index in [-0.39, 0.29) is 11.5 Å². The highest BCUT2D eigenvalue weighted by atomic mass is 19.2. The third kappa shape index (κ3) is 4.17. The molecule has 1 aliphatic heterocycles. The molecule has 0 aromatic heterocycles. The zero-order valence-electron chi connectivity index (χ0n) is 15.3. The molecule has 2 aromatic rings. The number of carbonyl (C=O) groups excluding carboxylic acids is 2. The van der Waals surface area contributed by atoms with E-state index in [1.165, 1.54) is 12.1 Å². The molecule has 0 aliphatic carbocycles. The first-order valence-electron chi connectivity index (χ1n) is 8.97. The van der Waals surface area contributed by atoms with E-state index < -0.39 is 29.0 Å². The van der Waals surface area contributed by atoms with E-state index in [1.807, 2.05) is 0 Å². The van der Waals surface area contributed by atoms with Crippen LogP contribution in [0.15, 0.2) is 36.4 Å². The molecular formula is C20H20F3N3O2. The molecular weight excluding hydrogens is 371 g/mol.